The van der Waals surface area contributed by atoms with E-state index in [4.69, 9.17) is 9.47 Å². The summed E-state index contributed by atoms with van der Waals surface area (Å²) >= 11 is 10.6. The van der Waals surface area contributed by atoms with Crippen LogP contribution in [0.4, 0.5) is 0 Å². The van der Waals surface area contributed by atoms with Gasteiger partial charge >= 0.3 is 0 Å². The standard InChI is InChI=1S/C36H22N4O2S6/c1-41-22-10-20(8-18(14-37)15-38)43-30(22)24-12-26-32(45-24)28-34(47-26)35-29(36(28)6-4-3-5-7-36)33-27(48-35)13-25(46-33)31-23(42-2)11-21(44-31)9-19(16-39)17-40/h8-13H,3-7H2,1-2H3. The van der Waals surface area contributed by atoms with Gasteiger partial charge in [-0.15, -0.1) is 68.0 Å². The SMILES string of the molecule is COc1cc(C=C(C#N)C#N)sc1-c1cc2sc3c(c2s1)C1(CCCCC1)c1c-3sc2cc(-c3sc(C=C(C#N)C#N)cc3OC)sc12. The van der Waals surface area contributed by atoms with Crippen molar-refractivity contribution in [2.45, 2.75) is 37.5 Å². The van der Waals surface area contributed by atoms with E-state index in [0.717, 1.165) is 53.6 Å². The molecule has 0 unspecified atom stereocenters. The molecule has 1 saturated carbocycles. The van der Waals surface area contributed by atoms with Crippen molar-refractivity contribution in [2.24, 2.45) is 0 Å². The van der Waals surface area contributed by atoms with Crippen LogP contribution in [0.2, 0.25) is 0 Å². The number of thiophene rings is 6. The lowest BCUT2D eigenvalue weighted by Gasteiger charge is -2.35. The van der Waals surface area contributed by atoms with Gasteiger partial charge in [-0.05, 0) is 49.3 Å². The van der Waals surface area contributed by atoms with Crippen LogP contribution >= 0.6 is 68.0 Å². The van der Waals surface area contributed by atoms with Crippen LogP contribution in [0.1, 0.15) is 53.0 Å². The molecular weight excluding hydrogens is 713 g/mol. The molecule has 0 amide bonds. The average molecular weight is 735 g/mol. The second kappa shape index (κ2) is 12.0. The summed E-state index contributed by atoms with van der Waals surface area (Å²) in [7, 11) is 3.33. The van der Waals surface area contributed by atoms with Crippen LogP contribution < -0.4 is 9.47 Å². The fourth-order valence-corrected chi connectivity index (χ4v) is 15.2. The Labute approximate surface area is 300 Å². The van der Waals surface area contributed by atoms with Crippen LogP contribution in [0.5, 0.6) is 11.5 Å². The lowest BCUT2D eigenvalue weighted by atomic mass is 9.68. The highest BCUT2D eigenvalue weighted by Crippen LogP contribution is 2.67. The minimum atomic E-state index is -0.0203. The molecule has 6 aromatic rings. The summed E-state index contributed by atoms with van der Waals surface area (Å²) in [5, 5.41) is 37.1. The van der Waals surface area contributed by atoms with Crippen molar-refractivity contribution in [1.82, 2.24) is 0 Å². The van der Waals surface area contributed by atoms with E-state index in [2.05, 4.69) is 12.1 Å². The summed E-state index contributed by atoms with van der Waals surface area (Å²) in [6.45, 7) is 0. The molecule has 2 aliphatic carbocycles. The van der Waals surface area contributed by atoms with Gasteiger partial charge in [-0.25, -0.2) is 0 Å². The van der Waals surface area contributed by atoms with E-state index in [1.165, 1.54) is 58.9 Å². The second-order valence-corrected chi connectivity index (χ2v) is 17.9. The average Bonchev–Trinajstić information content (AvgIpc) is 3.95. The number of hydrogen-bond acceptors (Lipinski definition) is 12. The summed E-state index contributed by atoms with van der Waals surface area (Å²) < 4.78 is 16.9. The maximum absolute atomic E-state index is 9.28. The van der Waals surface area contributed by atoms with Gasteiger partial charge in [-0.2, -0.15) is 21.0 Å². The Kier molecular flexibility index (Phi) is 7.78. The maximum atomic E-state index is 9.28. The first kappa shape index (κ1) is 31.1. The molecule has 48 heavy (non-hydrogen) atoms. The van der Waals surface area contributed by atoms with E-state index in [0.29, 0.717) is 0 Å². The van der Waals surface area contributed by atoms with E-state index in [1.54, 1.807) is 49.0 Å². The third-order valence-corrected chi connectivity index (χ3v) is 16.5. The van der Waals surface area contributed by atoms with Crippen molar-refractivity contribution in [3.05, 3.63) is 56.3 Å². The number of nitriles is 4. The summed E-state index contributed by atoms with van der Waals surface area (Å²) in [4.78, 5) is 8.82. The Morgan fingerprint density at radius 1 is 0.604 bits per heavy atom. The van der Waals surface area contributed by atoms with Crippen LogP contribution in [0.3, 0.4) is 0 Å². The molecule has 234 valence electrons. The Morgan fingerprint density at radius 2 is 1.04 bits per heavy atom. The highest BCUT2D eigenvalue weighted by molar-refractivity contribution is 7.36. The van der Waals surface area contributed by atoms with E-state index in [1.807, 2.05) is 81.8 Å². The van der Waals surface area contributed by atoms with Crippen LogP contribution in [0.15, 0.2) is 35.4 Å². The van der Waals surface area contributed by atoms with Gasteiger partial charge in [0.2, 0.25) is 0 Å². The summed E-state index contributed by atoms with van der Waals surface area (Å²) in [5.41, 5.74) is 3.14. The largest absolute Gasteiger partial charge is 0.495 e. The molecule has 0 aromatic carbocycles. The number of ether oxygens (including phenoxy) is 2. The van der Waals surface area contributed by atoms with Crippen molar-refractivity contribution in [3.8, 4) is 65.0 Å². The highest BCUT2D eigenvalue weighted by Gasteiger charge is 2.49. The monoisotopic (exact) mass is 734 g/mol. The van der Waals surface area contributed by atoms with Crippen molar-refractivity contribution >= 4 is 99.0 Å². The summed E-state index contributed by atoms with van der Waals surface area (Å²) in [5.74, 6) is 1.51. The number of allylic oxidation sites excluding steroid dienone is 2. The van der Waals surface area contributed by atoms with E-state index in [9.17, 15) is 21.0 Å². The Morgan fingerprint density at radius 3 is 1.44 bits per heavy atom. The van der Waals surface area contributed by atoms with Gasteiger partial charge in [0, 0.05) is 35.7 Å². The zero-order chi connectivity index (χ0) is 33.2. The Bertz CT molecular complexity index is 2330. The van der Waals surface area contributed by atoms with Gasteiger partial charge in [-0.1, -0.05) is 19.3 Å². The lowest BCUT2D eigenvalue weighted by molar-refractivity contribution is 0.358. The number of methoxy groups -OCH3 is 2. The van der Waals surface area contributed by atoms with Gasteiger partial charge in [0.05, 0.1) is 52.9 Å². The van der Waals surface area contributed by atoms with Gasteiger partial charge in [0.1, 0.15) is 46.9 Å². The quantitative estimate of drug-likeness (QED) is 0.157. The van der Waals surface area contributed by atoms with Crippen molar-refractivity contribution in [2.75, 3.05) is 14.2 Å². The molecule has 6 nitrogen and oxygen atoms in total. The number of hydrogen-bond donors (Lipinski definition) is 0. The van der Waals surface area contributed by atoms with Gasteiger partial charge in [0.15, 0.2) is 0 Å². The van der Waals surface area contributed by atoms with Crippen LogP contribution in [-0.4, -0.2) is 14.2 Å². The summed E-state index contributed by atoms with van der Waals surface area (Å²) in [6.07, 6.45) is 9.18. The van der Waals surface area contributed by atoms with Crippen LogP contribution in [0, 0.1) is 45.3 Å². The third-order valence-electron chi connectivity index (χ3n) is 8.98. The molecule has 0 radical (unpaired) electrons. The molecule has 0 bridgehead atoms. The molecular formula is C36H22N4O2S6. The number of fused-ring (bicyclic) bond motifs is 9. The molecule has 2 aliphatic rings. The minimum Gasteiger partial charge on any atom is -0.495 e. The van der Waals surface area contributed by atoms with E-state index >= 15 is 0 Å². The number of rotatable bonds is 6. The van der Waals surface area contributed by atoms with E-state index < -0.39 is 0 Å². The van der Waals surface area contributed by atoms with Crippen molar-refractivity contribution < 1.29 is 9.47 Å². The zero-order valence-corrected chi connectivity index (χ0v) is 30.5. The summed E-state index contributed by atoms with van der Waals surface area (Å²) in [6, 6.07) is 16.2. The fraction of sp³-hybridized carbons (Fsp3) is 0.222. The zero-order valence-electron chi connectivity index (χ0n) is 25.6. The van der Waals surface area contributed by atoms with Gasteiger partial charge in [-0.3, -0.25) is 0 Å². The van der Waals surface area contributed by atoms with Crippen molar-refractivity contribution in [1.29, 1.82) is 21.0 Å². The Balaban J connectivity index is 1.25. The van der Waals surface area contributed by atoms with Crippen LogP contribution in [-0.2, 0) is 5.41 Å². The predicted octanol–water partition coefficient (Wildman–Crippen LogP) is 11.8. The smallest absolute Gasteiger partial charge is 0.138 e. The van der Waals surface area contributed by atoms with Gasteiger partial charge < -0.3 is 9.47 Å². The first-order valence-corrected chi connectivity index (χ1v) is 19.9. The molecule has 12 heteroatoms. The third kappa shape index (κ3) is 4.68. The molecule has 0 aliphatic heterocycles. The van der Waals surface area contributed by atoms with Gasteiger partial charge in [0.25, 0.3) is 0 Å². The molecule has 0 saturated heterocycles. The number of nitrogens with zero attached hydrogens (tertiary/aromatic N) is 4. The Hall–Kier alpha value is -4.24. The topological polar surface area (TPSA) is 114 Å². The first-order valence-electron chi connectivity index (χ1n) is 15.0. The maximum Gasteiger partial charge on any atom is 0.138 e. The molecule has 1 spiro atoms. The first-order chi connectivity index (χ1) is 23.4. The second-order valence-electron chi connectivity index (χ2n) is 11.5. The highest BCUT2D eigenvalue weighted by atomic mass is 32.1. The molecule has 8 rings (SSSR count). The molecule has 6 heterocycles. The van der Waals surface area contributed by atoms with Crippen molar-refractivity contribution in [3.63, 3.8) is 0 Å². The minimum absolute atomic E-state index is 0.0203. The normalized spacial score (nSPS) is 14.1. The molecule has 0 atom stereocenters. The van der Waals surface area contributed by atoms with E-state index in [-0.39, 0.29) is 16.6 Å². The van der Waals surface area contributed by atoms with Crippen LogP contribution in [0.25, 0.3) is 60.2 Å². The lowest BCUT2D eigenvalue weighted by Crippen LogP contribution is -2.27. The molecule has 1 fully saturated rings. The molecule has 0 N–H and O–H groups in total. The molecule has 6 aromatic heterocycles. The predicted molar refractivity (Wildman–Crippen MR) is 200 cm³/mol. The fourth-order valence-electron chi connectivity index (χ4n) is 7.01.